The summed E-state index contributed by atoms with van der Waals surface area (Å²) in [4.78, 5) is 43.5. The van der Waals surface area contributed by atoms with Crippen LogP contribution in [0.5, 0.6) is 0 Å². The van der Waals surface area contributed by atoms with Gasteiger partial charge in [-0.25, -0.2) is 9.37 Å². The molecule has 3 atom stereocenters. The van der Waals surface area contributed by atoms with Crippen LogP contribution in [-0.2, 0) is 4.79 Å². The summed E-state index contributed by atoms with van der Waals surface area (Å²) in [5, 5.41) is 3.93. The highest BCUT2D eigenvalue weighted by Gasteiger charge is 2.41. The second-order valence-corrected chi connectivity index (χ2v) is 13.3. The molecule has 2 aromatic heterocycles. The van der Waals surface area contributed by atoms with Crippen LogP contribution in [0.4, 0.5) is 21.7 Å². The molecule has 1 amide bonds. The number of anilines is 3. The first-order chi connectivity index (χ1) is 22.1. The first kappa shape index (κ1) is 30.6. The van der Waals surface area contributed by atoms with Gasteiger partial charge in [0.2, 0.25) is 11.9 Å². The predicted molar refractivity (Wildman–Crippen MR) is 181 cm³/mol. The molecule has 0 unspecified atom stereocenters. The van der Waals surface area contributed by atoms with E-state index in [4.69, 9.17) is 16.6 Å². The number of benzene rings is 2. The van der Waals surface area contributed by atoms with Gasteiger partial charge in [0.1, 0.15) is 11.5 Å². The molecule has 7 rings (SSSR count). The molecule has 3 aliphatic heterocycles. The fourth-order valence-electron chi connectivity index (χ4n) is 7.71. The van der Waals surface area contributed by atoms with E-state index in [1.54, 1.807) is 22.9 Å². The molecule has 0 aliphatic carbocycles. The van der Waals surface area contributed by atoms with E-state index in [1.807, 2.05) is 24.8 Å². The lowest BCUT2D eigenvalue weighted by molar-refractivity contribution is -0.132. The molecule has 2 bridgehead atoms. The molecule has 1 N–H and O–H groups in total. The van der Waals surface area contributed by atoms with Crippen molar-refractivity contribution in [1.29, 1.82) is 0 Å². The molecule has 3 fully saturated rings. The summed E-state index contributed by atoms with van der Waals surface area (Å²) in [6.45, 7) is 8.97. The third-order valence-electron chi connectivity index (χ3n) is 10.1. The van der Waals surface area contributed by atoms with Crippen molar-refractivity contribution >= 4 is 45.9 Å². The van der Waals surface area contributed by atoms with E-state index in [-0.39, 0.29) is 22.5 Å². The Labute approximate surface area is 273 Å². The van der Waals surface area contributed by atoms with Crippen molar-refractivity contribution in [3.63, 3.8) is 0 Å². The Bertz CT molecular complexity index is 1910. The van der Waals surface area contributed by atoms with Gasteiger partial charge < -0.3 is 15.1 Å². The van der Waals surface area contributed by atoms with Crippen molar-refractivity contribution in [3.05, 3.63) is 74.9 Å². The Morgan fingerprint density at radius 3 is 2.65 bits per heavy atom. The SMILES string of the molecule is CCC(=O)N1CCC[C@H](n2c(=O)c(-c3cccc(F)c3Cl)c(C)c3cnc(Nc4ccc(N5C[C@@H]6C[C@H]5CN6C)c(C)c4)nc32)C1. The van der Waals surface area contributed by atoms with Gasteiger partial charge in [0, 0.05) is 73.2 Å². The monoisotopic (exact) mass is 643 g/mol. The van der Waals surface area contributed by atoms with Crippen molar-refractivity contribution < 1.29 is 9.18 Å². The lowest BCUT2D eigenvalue weighted by atomic mass is 9.98. The number of amides is 1. The number of fused-ring (bicyclic) bond motifs is 3. The zero-order chi connectivity index (χ0) is 32.3. The minimum absolute atomic E-state index is 0.0483. The van der Waals surface area contributed by atoms with Gasteiger partial charge in [-0.1, -0.05) is 30.7 Å². The molecular formula is C35H39ClFN7O2. The van der Waals surface area contributed by atoms with Gasteiger partial charge in [0.05, 0.1) is 16.6 Å². The Morgan fingerprint density at radius 1 is 1.11 bits per heavy atom. The molecule has 11 heteroatoms. The normalized spacial score (nSPS) is 21.4. The molecule has 4 aromatic rings. The summed E-state index contributed by atoms with van der Waals surface area (Å²) in [5.74, 6) is -0.182. The number of likely N-dealkylation sites (tertiary alicyclic amines) is 2. The zero-order valence-electron chi connectivity index (χ0n) is 26.7. The first-order valence-electron chi connectivity index (χ1n) is 16.1. The van der Waals surface area contributed by atoms with Crippen LogP contribution in [0.2, 0.25) is 5.02 Å². The molecular weight excluding hydrogens is 605 g/mol. The van der Waals surface area contributed by atoms with Gasteiger partial charge in [-0.05, 0) is 75.5 Å². The molecule has 3 saturated heterocycles. The number of piperazine rings is 1. The maximum Gasteiger partial charge on any atom is 0.260 e. The highest BCUT2D eigenvalue weighted by Crippen LogP contribution is 2.37. The van der Waals surface area contributed by atoms with E-state index in [9.17, 15) is 14.0 Å². The number of nitrogens with zero attached hydrogens (tertiary/aromatic N) is 6. The van der Waals surface area contributed by atoms with Crippen LogP contribution in [-0.4, -0.2) is 75.6 Å². The molecule has 9 nitrogen and oxygen atoms in total. The lowest BCUT2D eigenvalue weighted by Crippen LogP contribution is -2.44. The standard InChI is InChI=1S/C35H39ClFN7O2/c1-5-30(45)42-13-7-8-23(18-42)44-33-27(21(3)31(34(44)46)26-9-6-10-28(37)32(26)36)16-38-35(40-33)39-22-11-12-29(20(2)14-22)43-19-24-15-25(43)17-41(24)4/h6,9-12,14,16,23-25H,5,7-8,13,15,17-19H2,1-4H3,(H,38,39,40)/t23-,24-,25-/m0/s1. The summed E-state index contributed by atoms with van der Waals surface area (Å²) in [6.07, 6.45) is 4.77. The summed E-state index contributed by atoms with van der Waals surface area (Å²) < 4.78 is 16.3. The third kappa shape index (κ3) is 5.21. The summed E-state index contributed by atoms with van der Waals surface area (Å²) in [5.41, 5.74) is 4.70. The van der Waals surface area contributed by atoms with Crippen molar-refractivity contribution in [2.24, 2.45) is 0 Å². The molecule has 0 spiro atoms. The van der Waals surface area contributed by atoms with Gasteiger partial charge in [0.25, 0.3) is 5.56 Å². The molecule has 3 aliphatic rings. The van der Waals surface area contributed by atoms with Gasteiger partial charge in [0.15, 0.2) is 0 Å². The number of hydrogen-bond donors (Lipinski definition) is 1. The smallest absolute Gasteiger partial charge is 0.260 e. The van der Waals surface area contributed by atoms with Gasteiger partial charge in [-0.2, -0.15) is 4.98 Å². The van der Waals surface area contributed by atoms with Crippen LogP contribution >= 0.6 is 11.6 Å². The van der Waals surface area contributed by atoms with Crippen LogP contribution in [0.15, 0.2) is 47.4 Å². The Hall–Kier alpha value is -4.02. The highest BCUT2D eigenvalue weighted by atomic mass is 35.5. The number of aromatic nitrogens is 3. The quantitative estimate of drug-likeness (QED) is 0.273. The number of likely N-dealkylation sites (N-methyl/N-ethyl adjacent to an activating group) is 1. The zero-order valence-corrected chi connectivity index (χ0v) is 27.4. The van der Waals surface area contributed by atoms with E-state index in [2.05, 4.69) is 46.2 Å². The number of hydrogen-bond acceptors (Lipinski definition) is 7. The largest absolute Gasteiger partial charge is 0.365 e. The average Bonchev–Trinajstić information content (AvgIpc) is 3.62. The van der Waals surface area contributed by atoms with Crippen LogP contribution in [0.1, 0.15) is 49.8 Å². The van der Waals surface area contributed by atoms with E-state index >= 15 is 0 Å². The number of carbonyl (C=O) groups is 1. The van der Waals surface area contributed by atoms with Crippen LogP contribution in [0.3, 0.4) is 0 Å². The second-order valence-electron chi connectivity index (χ2n) is 13.0. The van der Waals surface area contributed by atoms with E-state index in [0.29, 0.717) is 71.7 Å². The number of nitrogens with one attached hydrogen (secondary N) is 1. The fraction of sp³-hybridized carbons (Fsp3) is 0.429. The van der Waals surface area contributed by atoms with Crippen molar-refractivity contribution in [3.8, 4) is 11.1 Å². The lowest BCUT2D eigenvalue weighted by Gasteiger charge is -2.34. The van der Waals surface area contributed by atoms with Crippen molar-refractivity contribution in [2.75, 3.05) is 43.4 Å². The first-order valence-corrected chi connectivity index (χ1v) is 16.5. The average molecular weight is 644 g/mol. The Balaban J connectivity index is 1.29. The van der Waals surface area contributed by atoms with Crippen LogP contribution < -0.4 is 15.8 Å². The maximum absolute atomic E-state index is 14.6. The van der Waals surface area contributed by atoms with Gasteiger partial charge >= 0.3 is 0 Å². The minimum Gasteiger partial charge on any atom is -0.365 e. The number of aryl methyl sites for hydroxylation is 2. The number of piperidine rings is 1. The summed E-state index contributed by atoms with van der Waals surface area (Å²) in [7, 11) is 2.21. The number of rotatable bonds is 6. The Kier molecular flexibility index (Phi) is 7.97. The Morgan fingerprint density at radius 2 is 1.93 bits per heavy atom. The molecule has 240 valence electrons. The van der Waals surface area contributed by atoms with Crippen LogP contribution in [0.25, 0.3) is 22.2 Å². The van der Waals surface area contributed by atoms with Gasteiger partial charge in [-0.3, -0.25) is 19.1 Å². The van der Waals surface area contributed by atoms with E-state index in [1.165, 1.54) is 23.7 Å². The number of halogens is 2. The van der Waals surface area contributed by atoms with Gasteiger partial charge in [-0.15, -0.1) is 0 Å². The third-order valence-corrected chi connectivity index (χ3v) is 10.5. The summed E-state index contributed by atoms with van der Waals surface area (Å²) >= 11 is 6.43. The molecule has 2 aromatic carbocycles. The number of carbonyl (C=O) groups excluding carboxylic acids is 1. The van der Waals surface area contributed by atoms with Crippen molar-refractivity contribution in [2.45, 2.75) is 64.6 Å². The number of pyridine rings is 1. The highest BCUT2D eigenvalue weighted by molar-refractivity contribution is 6.33. The predicted octanol–water partition coefficient (Wildman–Crippen LogP) is 6.08. The molecule has 0 saturated carbocycles. The fourth-order valence-corrected chi connectivity index (χ4v) is 7.93. The topological polar surface area (TPSA) is 86.6 Å². The van der Waals surface area contributed by atoms with Crippen LogP contribution in [0, 0.1) is 19.7 Å². The summed E-state index contributed by atoms with van der Waals surface area (Å²) in [6, 6.07) is 11.7. The van der Waals surface area contributed by atoms with E-state index < -0.39 is 5.82 Å². The molecule has 46 heavy (non-hydrogen) atoms. The minimum atomic E-state index is -0.594. The molecule has 5 heterocycles. The maximum atomic E-state index is 14.6. The molecule has 0 radical (unpaired) electrons. The second kappa shape index (κ2) is 12.0. The van der Waals surface area contributed by atoms with E-state index in [0.717, 1.165) is 25.2 Å². The van der Waals surface area contributed by atoms with Crippen molar-refractivity contribution in [1.82, 2.24) is 24.3 Å².